The van der Waals surface area contributed by atoms with E-state index in [1.54, 1.807) is 0 Å². The van der Waals surface area contributed by atoms with Crippen LogP contribution in [-0.2, 0) is 4.74 Å². The molecule has 0 aliphatic carbocycles. The van der Waals surface area contributed by atoms with E-state index in [2.05, 4.69) is 33.0 Å². The van der Waals surface area contributed by atoms with Crippen LogP contribution in [0.4, 0.5) is 0 Å². The Labute approximate surface area is 75.7 Å². The third-order valence-electron chi connectivity index (χ3n) is 2.45. The minimum absolute atomic E-state index is 0.0652. The first-order chi connectivity index (χ1) is 5.47. The highest BCUT2D eigenvalue weighted by Crippen LogP contribution is 2.26. The molecule has 1 N–H and O–H groups in total. The maximum absolute atomic E-state index is 5.81. The van der Waals surface area contributed by atoms with Crippen LogP contribution in [0.15, 0.2) is 0 Å². The summed E-state index contributed by atoms with van der Waals surface area (Å²) in [6.45, 7) is 10.7. The molecule has 72 valence electrons. The summed E-state index contributed by atoms with van der Waals surface area (Å²) in [6.07, 6.45) is 2.27. The summed E-state index contributed by atoms with van der Waals surface area (Å²) < 4.78 is 5.81. The van der Waals surface area contributed by atoms with Crippen LogP contribution in [-0.4, -0.2) is 18.9 Å². The quantitative estimate of drug-likeness (QED) is 0.687. The molecular formula is C10H21NO. The molecule has 0 spiro atoms. The molecule has 0 aromatic carbocycles. The number of hydrogen-bond donors (Lipinski definition) is 1. The van der Waals surface area contributed by atoms with Crippen LogP contribution in [0.25, 0.3) is 0 Å². The maximum atomic E-state index is 5.81. The first-order valence-corrected chi connectivity index (χ1v) is 4.86. The van der Waals surface area contributed by atoms with Gasteiger partial charge in [0, 0.05) is 12.0 Å². The van der Waals surface area contributed by atoms with Crippen LogP contribution in [0.1, 0.15) is 40.5 Å². The Balaban J connectivity index is 2.44. The van der Waals surface area contributed by atoms with Crippen molar-refractivity contribution < 1.29 is 4.74 Å². The van der Waals surface area contributed by atoms with E-state index < -0.39 is 0 Å². The predicted molar refractivity (Wildman–Crippen MR) is 51.0 cm³/mol. The number of nitrogens with one attached hydrogen (secondary N) is 1. The summed E-state index contributed by atoms with van der Waals surface area (Å²) >= 11 is 0. The molecule has 0 aromatic rings. The first kappa shape index (κ1) is 10.0. The molecule has 0 bridgehead atoms. The van der Waals surface area contributed by atoms with Crippen molar-refractivity contribution in [2.75, 3.05) is 13.2 Å². The molecule has 0 aromatic heterocycles. The van der Waals surface area contributed by atoms with Gasteiger partial charge in [0.05, 0.1) is 6.61 Å². The first-order valence-electron chi connectivity index (χ1n) is 4.86. The van der Waals surface area contributed by atoms with Crippen molar-refractivity contribution in [1.82, 2.24) is 5.32 Å². The average Bonchev–Trinajstić information content (AvgIpc) is 1.98. The van der Waals surface area contributed by atoms with Crippen LogP contribution in [0.2, 0.25) is 0 Å². The zero-order valence-corrected chi connectivity index (χ0v) is 8.74. The van der Waals surface area contributed by atoms with Gasteiger partial charge in [-0.25, -0.2) is 0 Å². The molecular weight excluding hydrogens is 150 g/mol. The van der Waals surface area contributed by atoms with Gasteiger partial charge in [-0.1, -0.05) is 27.2 Å². The summed E-state index contributed by atoms with van der Waals surface area (Å²) in [5.41, 5.74) is 0.234. The van der Waals surface area contributed by atoms with E-state index in [-0.39, 0.29) is 5.72 Å². The van der Waals surface area contributed by atoms with Gasteiger partial charge in [-0.3, -0.25) is 5.32 Å². The average molecular weight is 171 g/mol. The highest BCUT2D eigenvalue weighted by Gasteiger charge is 2.34. The summed E-state index contributed by atoms with van der Waals surface area (Å²) in [4.78, 5) is 0. The van der Waals surface area contributed by atoms with Crippen molar-refractivity contribution >= 4 is 0 Å². The fourth-order valence-corrected chi connectivity index (χ4v) is 1.52. The minimum atomic E-state index is -0.0652. The van der Waals surface area contributed by atoms with Gasteiger partial charge in [0.25, 0.3) is 0 Å². The Morgan fingerprint density at radius 2 is 2.00 bits per heavy atom. The standard InChI is InChI=1S/C10H21NO/c1-5-6-10(4)11-7-9(2,3)8-12-10/h11H,5-8H2,1-4H3. The predicted octanol–water partition coefficient (Wildman–Crippen LogP) is 2.15. The summed E-state index contributed by atoms with van der Waals surface area (Å²) in [7, 11) is 0. The fourth-order valence-electron chi connectivity index (χ4n) is 1.52. The van der Waals surface area contributed by atoms with Gasteiger partial charge in [-0.2, -0.15) is 0 Å². The second kappa shape index (κ2) is 3.35. The van der Waals surface area contributed by atoms with E-state index in [9.17, 15) is 0 Å². The van der Waals surface area contributed by atoms with Crippen LogP contribution < -0.4 is 5.32 Å². The molecule has 1 saturated heterocycles. The Bertz CT molecular complexity index is 144. The van der Waals surface area contributed by atoms with Gasteiger partial charge >= 0.3 is 0 Å². The van der Waals surface area contributed by atoms with Crippen molar-refractivity contribution in [2.45, 2.75) is 46.3 Å². The third-order valence-corrected chi connectivity index (χ3v) is 2.45. The van der Waals surface area contributed by atoms with Crippen LogP contribution >= 0.6 is 0 Å². The molecule has 1 rings (SSSR count). The molecule has 0 amide bonds. The lowest BCUT2D eigenvalue weighted by molar-refractivity contribution is -0.130. The highest BCUT2D eigenvalue weighted by atomic mass is 16.5. The highest BCUT2D eigenvalue weighted by molar-refractivity contribution is 4.84. The molecule has 1 unspecified atom stereocenters. The Morgan fingerprint density at radius 3 is 2.42 bits per heavy atom. The van der Waals surface area contributed by atoms with Crippen molar-refractivity contribution in [3.63, 3.8) is 0 Å². The zero-order valence-electron chi connectivity index (χ0n) is 8.74. The lowest BCUT2D eigenvalue weighted by Crippen LogP contribution is -2.55. The van der Waals surface area contributed by atoms with Gasteiger partial charge in [0.2, 0.25) is 0 Å². The Hall–Kier alpha value is -0.0800. The molecule has 1 atom stereocenters. The lowest BCUT2D eigenvalue weighted by atomic mass is 9.91. The maximum Gasteiger partial charge on any atom is 0.116 e. The second-order valence-corrected chi connectivity index (χ2v) is 4.79. The minimum Gasteiger partial charge on any atom is -0.360 e. The van der Waals surface area contributed by atoms with Crippen molar-refractivity contribution in [1.29, 1.82) is 0 Å². The van der Waals surface area contributed by atoms with Gasteiger partial charge in [-0.05, 0) is 13.3 Å². The molecule has 1 aliphatic rings. The van der Waals surface area contributed by atoms with Gasteiger partial charge < -0.3 is 4.74 Å². The second-order valence-electron chi connectivity index (χ2n) is 4.79. The molecule has 2 heteroatoms. The largest absolute Gasteiger partial charge is 0.360 e. The summed E-state index contributed by atoms with van der Waals surface area (Å²) in [5.74, 6) is 0. The topological polar surface area (TPSA) is 21.3 Å². The monoisotopic (exact) mass is 171 g/mol. The fraction of sp³-hybridized carbons (Fsp3) is 1.00. The van der Waals surface area contributed by atoms with Gasteiger partial charge in [-0.15, -0.1) is 0 Å². The molecule has 0 saturated carbocycles. The molecule has 0 radical (unpaired) electrons. The molecule has 1 aliphatic heterocycles. The van der Waals surface area contributed by atoms with Crippen LogP contribution in [0, 0.1) is 5.41 Å². The number of hydrogen-bond acceptors (Lipinski definition) is 2. The van der Waals surface area contributed by atoms with Crippen molar-refractivity contribution in [2.24, 2.45) is 5.41 Å². The smallest absolute Gasteiger partial charge is 0.116 e. The van der Waals surface area contributed by atoms with Crippen LogP contribution in [0.5, 0.6) is 0 Å². The van der Waals surface area contributed by atoms with E-state index >= 15 is 0 Å². The van der Waals surface area contributed by atoms with E-state index in [1.165, 1.54) is 6.42 Å². The Kier molecular flexibility index (Phi) is 2.79. The summed E-state index contributed by atoms with van der Waals surface area (Å²) in [6, 6.07) is 0. The van der Waals surface area contributed by atoms with Gasteiger partial charge in [0.1, 0.15) is 5.72 Å². The van der Waals surface area contributed by atoms with E-state index in [0.29, 0.717) is 5.41 Å². The zero-order chi connectivity index (χ0) is 9.24. The van der Waals surface area contributed by atoms with Crippen molar-refractivity contribution in [3.05, 3.63) is 0 Å². The van der Waals surface area contributed by atoms with E-state index in [1.807, 2.05) is 0 Å². The molecule has 2 nitrogen and oxygen atoms in total. The number of ether oxygens (including phenoxy) is 1. The molecule has 1 fully saturated rings. The lowest BCUT2D eigenvalue weighted by Gasteiger charge is -2.42. The summed E-state index contributed by atoms with van der Waals surface area (Å²) in [5, 5.41) is 3.46. The SMILES string of the molecule is CCCC1(C)NCC(C)(C)CO1. The molecule has 1 heterocycles. The Morgan fingerprint density at radius 1 is 1.33 bits per heavy atom. The molecule has 12 heavy (non-hydrogen) atoms. The van der Waals surface area contributed by atoms with E-state index in [0.717, 1.165) is 19.6 Å². The number of rotatable bonds is 2. The van der Waals surface area contributed by atoms with E-state index in [4.69, 9.17) is 4.74 Å². The third kappa shape index (κ3) is 2.46. The normalized spacial score (nSPS) is 35.0. The van der Waals surface area contributed by atoms with Crippen molar-refractivity contribution in [3.8, 4) is 0 Å². The van der Waals surface area contributed by atoms with Crippen LogP contribution in [0.3, 0.4) is 0 Å². The van der Waals surface area contributed by atoms with Gasteiger partial charge in [0.15, 0.2) is 0 Å².